The van der Waals surface area contributed by atoms with E-state index in [4.69, 9.17) is 4.74 Å². The Balaban J connectivity index is 1.42. The molecule has 0 unspecified atom stereocenters. The fourth-order valence-electron chi connectivity index (χ4n) is 3.12. The molecule has 2 aromatic carbocycles. The second-order valence-electron chi connectivity index (χ2n) is 7.04. The normalized spacial score (nSPS) is 14.9. The average molecular weight is 367 g/mol. The highest BCUT2D eigenvalue weighted by Crippen LogP contribution is 2.12. The highest BCUT2D eigenvalue weighted by atomic mass is 16.5. The van der Waals surface area contributed by atoms with Crippen molar-refractivity contribution < 1.29 is 9.53 Å². The van der Waals surface area contributed by atoms with Crippen molar-refractivity contribution in [2.24, 2.45) is 0 Å². The van der Waals surface area contributed by atoms with Crippen LogP contribution in [0.1, 0.15) is 23.1 Å². The third kappa shape index (κ3) is 6.79. The van der Waals surface area contributed by atoms with Crippen LogP contribution < -0.4 is 10.6 Å². The van der Waals surface area contributed by atoms with Gasteiger partial charge in [-0.25, -0.2) is 0 Å². The molecule has 0 aromatic heterocycles. The first-order valence-electron chi connectivity index (χ1n) is 9.64. The van der Waals surface area contributed by atoms with Crippen LogP contribution in [0.3, 0.4) is 0 Å². The standard InChI is InChI=1S/C22H29N3O2/c1-18-5-7-19(8-6-18)16-23-17-20-3-2-4-21(15-20)24-22(26)9-10-25-11-13-27-14-12-25/h2-8,15,23H,9-14,16-17H2,1H3,(H,24,26). The van der Waals surface area contributed by atoms with Crippen LogP contribution in [0.25, 0.3) is 0 Å². The number of morpholine rings is 1. The second-order valence-corrected chi connectivity index (χ2v) is 7.04. The number of amides is 1. The van der Waals surface area contributed by atoms with Gasteiger partial charge in [0.2, 0.25) is 5.91 Å². The van der Waals surface area contributed by atoms with Gasteiger partial charge >= 0.3 is 0 Å². The molecule has 1 heterocycles. The predicted molar refractivity (Wildman–Crippen MR) is 109 cm³/mol. The van der Waals surface area contributed by atoms with Gasteiger partial charge in [-0.3, -0.25) is 9.69 Å². The predicted octanol–water partition coefficient (Wildman–Crippen LogP) is 2.95. The average Bonchev–Trinajstić information content (AvgIpc) is 2.69. The number of hydrogen-bond acceptors (Lipinski definition) is 4. The van der Waals surface area contributed by atoms with E-state index in [0.717, 1.165) is 57.2 Å². The molecule has 0 radical (unpaired) electrons. The van der Waals surface area contributed by atoms with Gasteiger partial charge in [0.05, 0.1) is 13.2 Å². The van der Waals surface area contributed by atoms with E-state index in [1.807, 2.05) is 18.2 Å². The van der Waals surface area contributed by atoms with Crippen molar-refractivity contribution >= 4 is 11.6 Å². The summed E-state index contributed by atoms with van der Waals surface area (Å²) < 4.78 is 5.33. The van der Waals surface area contributed by atoms with Crippen LogP contribution in [0.4, 0.5) is 5.69 Å². The van der Waals surface area contributed by atoms with Crippen molar-refractivity contribution in [3.63, 3.8) is 0 Å². The van der Waals surface area contributed by atoms with E-state index in [2.05, 4.69) is 52.8 Å². The maximum atomic E-state index is 12.2. The number of carbonyl (C=O) groups excluding carboxylic acids is 1. The van der Waals surface area contributed by atoms with Crippen molar-refractivity contribution in [1.82, 2.24) is 10.2 Å². The molecule has 0 spiro atoms. The Morgan fingerprint density at radius 1 is 1.04 bits per heavy atom. The van der Waals surface area contributed by atoms with E-state index in [9.17, 15) is 4.79 Å². The van der Waals surface area contributed by atoms with Crippen LogP contribution in [-0.4, -0.2) is 43.7 Å². The molecule has 144 valence electrons. The van der Waals surface area contributed by atoms with Gasteiger partial charge in [0.1, 0.15) is 0 Å². The van der Waals surface area contributed by atoms with E-state index in [1.165, 1.54) is 11.1 Å². The Bertz CT molecular complexity index is 725. The highest BCUT2D eigenvalue weighted by Gasteiger charge is 2.12. The molecule has 0 atom stereocenters. The number of ether oxygens (including phenoxy) is 1. The lowest BCUT2D eigenvalue weighted by molar-refractivity contribution is -0.116. The molecule has 0 bridgehead atoms. The number of carbonyl (C=O) groups is 1. The minimum absolute atomic E-state index is 0.0613. The number of anilines is 1. The molecule has 1 saturated heterocycles. The highest BCUT2D eigenvalue weighted by molar-refractivity contribution is 5.90. The smallest absolute Gasteiger partial charge is 0.225 e. The lowest BCUT2D eigenvalue weighted by Gasteiger charge is -2.26. The molecular weight excluding hydrogens is 338 g/mol. The first-order valence-corrected chi connectivity index (χ1v) is 9.64. The Kier molecular flexibility index (Phi) is 7.39. The fourth-order valence-corrected chi connectivity index (χ4v) is 3.12. The molecule has 27 heavy (non-hydrogen) atoms. The lowest BCUT2D eigenvalue weighted by atomic mass is 10.1. The van der Waals surface area contributed by atoms with E-state index >= 15 is 0 Å². The molecule has 1 fully saturated rings. The Labute approximate surface area is 161 Å². The summed E-state index contributed by atoms with van der Waals surface area (Å²) in [5.41, 5.74) is 4.56. The SMILES string of the molecule is Cc1ccc(CNCc2cccc(NC(=O)CCN3CCOCC3)c2)cc1. The van der Waals surface area contributed by atoms with Crippen LogP contribution in [-0.2, 0) is 22.6 Å². The number of benzene rings is 2. The Morgan fingerprint density at radius 3 is 2.56 bits per heavy atom. The van der Waals surface area contributed by atoms with Gasteiger partial charge in [-0.2, -0.15) is 0 Å². The molecule has 3 rings (SSSR count). The minimum Gasteiger partial charge on any atom is -0.379 e. The number of nitrogens with one attached hydrogen (secondary N) is 2. The van der Waals surface area contributed by atoms with E-state index < -0.39 is 0 Å². The summed E-state index contributed by atoms with van der Waals surface area (Å²) in [6.45, 7) is 7.83. The third-order valence-electron chi connectivity index (χ3n) is 4.75. The molecular formula is C22H29N3O2. The maximum absolute atomic E-state index is 12.2. The van der Waals surface area contributed by atoms with Gasteiger partial charge < -0.3 is 15.4 Å². The van der Waals surface area contributed by atoms with Gasteiger partial charge in [0, 0.05) is 44.8 Å². The number of aryl methyl sites for hydroxylation is 1. The van der Waals surface area contributed by atoms with Crippen LogP contribution in [0.15, 0.2) is 48.5 Å². The van der Waals surface area contributed by atoms with Crippen LogP contribution in [0, 0.1) is 6.92 Å². The molecule has 5 nitrogen and oxygen atoms in total. The van der Waals surface area contributed by atoms with E-state index in [1.54, 1.807) is 0 Å². The summed E-state index contributed by atoms with van der Waals surface area (Å²) >= 11 is 0. The molecule has 1 aliphatic rings. The van der Waals surface area contributed by atoms with Gasteiger partial charge in [0.25, 0.3) is 0 Å². The number of rotatable bonds is 8. The summed E-state index contributed by atoms with van der Waals surface area (Å²) in [7, 11) is 0. The van der Waals surface area contributed by atoms with Crippen molar-refractivity contribution in [1.29, 1.82) is 0 Å². The van der Waals surface area contributed by atoms with Gasteiger partial charge in [-0.05, 0) is 30.2 Å². The number of hydrogen-bond donors (Lipinski definition) is 2. The summed E-state index contributed by atoms with van der Waals surface area (Å²) in [6, 6.07) is 16.6. The largest absolute Gasteiger partial charge is 0.379 e. The minimum atomic E-state index is 0.0613. The molecule has 5 heteroatoms. The fraction of sp³-hybridized carbons (Fsp3) is 0.409. The molecule has 1 aliphatic heterocycles. The van der Waals surface area contributed by atoms with Crippen molar-refractivity contribution in [2.45, 2.75) is 26.4 Å². The first kappa shape index (κ1) is 19.5. The van der Waals surface area contributed by atoms with Crippen LogP contribution in [0.2, 0.25) is 0 Å². The zero-order valence-corrected chi connectivity index (χ0v) is 16.0. The molecule has 0 aliphatic carbocycles. The van der Waals surface area contributed by atoms with Crippen molar-refractivity contribution in [2.75, 3.05) is 38.2 Å². The monoisotopic (exact) mass is 367 g/mol. The van der Waals surface area contributed by atoms with E-state index in [-0.39, 0.29) is 5.91 Å². The maximum Gasteiger partial charge on any atom is 0.225 e. The van der Waals surface area contributed by atoms with Crippen LogP contribution in [0.5, 0.6) is 0 Å². The quantitative estimate of drug-likeness (QED) is 0.753. The first-order chi connectivity index (χ1) is 13.2. The third-order valence-corrected chi connectivity index (χ3v) is 4.75. The number of nitrogens with zero attached hydrogens (tertiary/aromatic N) is 1. The van der Waals surface area contributed by atoms with Gasteiger partial charge in [-0.1, -0.05) is 42.0 Å². The molecule has 2 N–H and O–H groups in total. The summed E-state index contributed by atoms with van der Waals surface area (Å²) in [5, 5.41) is 6.47. The lowest BCUT2D eigenvalue weighted by Crippen LogP contribution is -2.38. The van der Waals surface area contributed by atoms with Gasteiger partial charge in [-0.15, -0.1) is 0 Å². The summed E-state index contributed by atoms with van der Waals surface area (Å²) in [4.78, 5) is 14.5. The topological polar surface area (TPSA) is 53.6 Å². The Morgan fingerprint density at radius 2 is 1.78 bits per heavy atom. The summed E-state index contributed by atoms with van der Waals surface area (Å²) in [6.07, 6.45) is 0.510. The van der Waals surface area contributed by atoms with Crippen LogP contribution >= 0.6 is 0 Å². The molecule has 0 saturated carbocycles. The molecule has 1 amide bonds. The second kappa shape index (κ2) is 10.2. The van der Waals surface area contributed by atoms with Crippen molar-refractivity contribution in [3.8, 4) is 0 Å². The van der Waals surface area contributed by atoms with Crippen molar-refractivity contribution in [3.05, 3.63) is 65.2 Å². The zero-order chi connectivity index (χ0) is 18.9. The zero-order valence-electron chi connectivity index (χ0n) is 16.0. The van der Waals surface area contributed by atoms with Gasteiger partial charge in [0.15, 0.2) is 0 Å². The summed E-state index contributed by atoms with van der Waals surface area (Å²) in [5.74, 6) is 0.0613. The molecule has 2 aromatic rings. The Hall–Kier alpha value is -2.21. The van der Waals surface area contributed by atoms with E-state index in [0.29, 0.717) is 6.42 Å².